The average molecular weight is 387 g/mol. The molecule has 0 saturated heterocycles. The molecule has 2 N–H and O–H groups in total. The summed E-state index contributed by atoms with van der Waals surface area (Å²) in [5.74, 6) is 0.587. The number of carbonyl (C=O) groups is 1. The number of nitrogens with zero attached hydrogens (tertiary/aromatic N) is 3. The smallest absolute Gasteiger partial charge is 0.315 e. The van der Waals surface area contributed by atoms with Gasteiger partial charge in [-0.05, 0) is 49.8 Å². The summed E-state index contributed by atoms with van der Waals surface area (Å²) in [6.45, 7) is 5.14. The van der Waals surface area contributed by atoms with Crippen molar-refractivity contribution in [3.63, 3.8) is 0 Å². The molecule has 28 heavy (non-hydrogen) atoms. The minimum atomic E-state index is -0.0585. The molecule has 0 bridgehead atoms. The lowest BCUT2D eigenvalue weighted by atomic mass is 9.83. The Balaban J connectivity index is 1.51. The molecular formula is C20H29N5O3. The van der Waals surface area contributed by atoms with E-state index in [1.54, 1.807) is 19.3 Å². The van der Waals surface area contributed by atoms with Crippen LogP contribution in [0.4, 0.5) is 6.01 Å². The second-order valence-corrected chi connectivity index (χ2v) is 7.19. The normalized spacial score (nSPS) is 22.0. The second-order valence-electron chi connectivity index (χ2n) is 7.19. The van der Waals surface area contributed by atoms with Crippen LogP contribution in [-0.2, 0) is 16.0 Å². The molecule has 0 aliphatic heterocycles. The molecule has 152 valence electrons. The van der Waals surface area contributed by atoms with Crippen molar-refractivity contribution < 1.29 is 13.9 Å². The topological polar surface area (TPSA) is 102 Å². The van der Waals surface area contributed by atoms with E-state index in [1.807, 2.05) is 12.1 Å². The fourth-order valence-electron chi connectivity index (χ4n) is 3.52. The number of hydrogen-bond acceptors (Lipinski definition) is 7. The van der Waals surface area contributed by atoms with Gasteiger partial charge in [0.15, 0.2) is 0 Å². The Hall–Kier alpha value is -2.48. The molecule has 3 rings (SSSR count). The van der Waals surface area contributed by atoms with E-state index in [1.165, 1.54) is 5.56 Å². The quantitative estimate of drug-likeness (QED) is 0.681. The third-order valence-electron chi connectivity index (χ3n) is 5.00. The summed E-state index contributed by atoms with van der Waals surface area (Å²) in [6, 6.07) is 4.41. The molecule has 1 fully saturated rings. The fourth-order valence-corrected chi connectivity index (χ4v) is 3.52. The van der Waals surface area contributed by atoms with Crippen LogP contribution in [0.25, 0.3) is 0 Å². The highest BCUT2D eigenvalue weighted by atomic mass is 16.5. The van der Waals surface area contributed by atoms with Crippen molar-refractivity contribution in [3.05, 3.63) is 36.0 Å². The van der Waals surface area contributed by atoms with Gasteiger partial charge in [0.05, 0.1) is 12.1 Å². The van der Waals surface area contributed by atoms with E-state index < -0.39 is 0 Å². The van der Waals surface area contributed by atoms with E-state index in [4.69, 9.17) is 9.15 Å². The van der Waals surface area contributed by atoms with Crippen LogP contribution in [0.2, 0.25) is 0 Å². The molecule has 0 unspecified atom stereocenters. The van der Waals surface area contributed by atoms with Crippen LogP contribution >= 0.6 is 0 Å². The lowest BCUT2D eigenvalue weighted by Crippen LogP contribution is -2.45. The number of anilines is 1. The molecule has 3 atom stereocenters. The number of hydrogen-bond donors (Lipinski definition) is 2. The number of pyridine rings is 1. The standard InChI is InChI=1S/C20H29N5O3/c1-3-12-27-18-13-16(4-5-17(18)23-20-25-24-14(2)28-20)19(26)22-11-8-15-6-9-21-10-7-15/h6-7,9-10,16-18H,3-5,8,11-13H2,1-2H3,(H,22,26)(H,23,25)/t16-,17-,18-/m0/s1. The van der Waals surface area contributed by atoms with Gasteiger partial charge in [0.1, 0.15) is 0 Å². The molecule has 8 heteroatoms. The Morgan fingerprint density at radius 2 is 2.11 bits per heavy atom. The minimum absolute atomic E-state index is 0.0400. The molecule has 0 aromatic carbocycles. The van der Waals surface area contributed by atoms with Crippen molar-refractivity contribution >= 4 is 11.9 Å². The van der Waals surface area contributed by atoms with E-state index in [0.29, 0.717) is 31.5 Å². The van der Waals surface area contributed by atoms with Crippen LogP contribution < -0.4 is 10.6 Å². The van der Waals surface area contributed by atoms with Crippen LogP contribution in [0.1, 0.15) is 44.1 Å². The summed E-state index contributed by atoms with van der Waals surface area (Å²) in [6.07, 6.45) is 7.53. The van der Waals surface area contributed by atoms with Gasteiger partial charge in [-0.3, -0.25) is 9.78 Å². The van der Waals surface area contributed by atoms with Crippen molar-refractivity contribution in [2.75, 3.05) is 18.5 Å². The van der Waals surface area contributed by atoms with Crippen molar-refractivity contribution in [1.82, 2.24) is 20.5 Å². The van der Waals surface area contributed by atoms with Gasteiger partial charge in [0, 0.05) is 38.4 Å². The molecule has 1 aliphatic carbocycles. The maximum absolute atomic E-state index is 12.6. The molecule has 2 aromatic heterocycles. The maximum atomic E-state index is 12.6. The molecule has 1 saturated carbocycles. The number of amides is 1. The van der Waals surface area contributed by atoms with Crippen molar-refractivity contribution in [1.29, 1.82) is 0 Å². The Labute approximate surface area is 165 Å². The molecule has 0 radical (unpaired) electrons. The molecule has 0 spiro atoms. The predicted molar refractivity (Wildman–Crippen MR) is 105 cm³/mol. The monoisotopic (exact) mass is 387 g/mol. The molecule has 2 heterocycles. The summed E-state index contributed by atoms with van der Waals surface area (Å²) < 4.78 is 11.5. The number of aryl methyl sites for hydroxylation is 1. The Bertz CT molecular complexity index is 736. The lowest BCUT2D eigenvalue weighted by Gasteiger charge is -2.35. The SMILES string of the molecule is CCCO[C@H]1C[C@@H](C(=O)NCCc2ccncc2)CC[C@@H]1Nc1nnc(C)o1. The molecule has 1 aliphatic rings. The number of nitrogens with one attached hydrogen (secondary N) is 2. The first-order chi connectivity index (χ1) is 13.7. The van der Waals surface area contributed by atoms with Gasteiger partial charge < -0.3 is 19.8 Å². The largest absolute Gasteiger partial charge is 0.408 e. The summed E-state index contributed by atoms with van der Waals surface area (Å²) in [4.78, 5) is 16.6. The number of ether oxygens (including phenoxy) is 1. The van der Waals surface area contributed by atoms with Crippen LogP contribution in [0, 0.1) is 12.8 Å². The predicted octanol–water partition coefficient (Wildman–Crippen LogP) is 2.51. The Morgan fingerprint density at radius 3 is 2.82 bits per heavy atom. The highest BCUT2D eigenvalue weighted by molar-refractivity contribution is 5.78. The van der Waals surface area contributed by atoms with Crippen molar-refractivity contribution in [2.24, 2.45) is 5.92 Å². The van der Waals surface area contributed by atoms with Crippen LogP contribution in [-0.4, -0.2) is 46.4 Å². The zero-order valence-corrected chi connectivity index (χ0v) is 16.6. The third-order valence-corrected chi connectivity index (χ3v) is 5.00. The van der Waals surface area contributed by atoms with Gasteiger partial charge in [-0.2, -0.15) is 0 Å². The summed E-state index contributed by atoms with van der Waals surface area (Å²) in [5, 5.41) is 14.2. The average Bonchev–Trinajstić information content (AvgIpc) is 3.12. The van der Waals surface area contributed by atoms with Crippen LogP contribution in [0.15, 0.2) is 28.9 Å². The lowest BCUT2D eigenvalue weighted by molar-refractivity contribution is -0.128. The molecule has 2 aromatic rings. The van der Waals surface area contributed by atoms with Gasteiger partial charge in [-0.1, -0.05) is 12.0 Å². The van der Waals surface area contributed by atoms with E-state index in [-0.39, 0.29) is 24.0 Å². The summed E-state index contributed by atoms with van der Waals surface area (Å²) >= 11 is 0. The maximum Gasteiger partial charge on any atom is 0.315 e. The highest BCUT2D eigenvalue weighted by Gasteiger charge is 2.35. The molecular weight excluding hydrogens is 358 g/mol. The van der Waals surface area contributed by atoms with E-state index in [0.717, 1.165) is 25.7 Å². The zero-order chi connectivity index (χ0) is 19.8. The van der Waals surface area contributed by atoms with Crippen LogP contribution in [0.5, 0.6) is 0 Å². The highest BCUT2D eigenvalue weighted by Crippen LogP contribution is 2.29. The van der Waals surface area contributed by atoms with E-state index in [9.17, 15) is 4.79 Å². The second kappa shape index (κ2) is 10.2. The summed E-state index contributed by atoms with van der Waals surface area (Å²) in [5.41, 5.74) is 1.17. The van der Waals surface area contributed by atoms with Crippen LogP contribution in [0.3, 0.4) is 0 Å². The van der Waals surface area contributed by atoms with Crippen molar-refractivity contribution in [2.45, 2.75) is 58.1 Å². The number of aromatic nitrogens is 3. The Morgan fingerprint density at radius 1 is 1.29 bits per heavy atom. The first-order valence-electron chi connectivity index (χ1n) is 10.0. The van der Waals surface area contributed by atoms with E-state index >= 15 is 0 Å². The van der Waals surface area contributed by atoms with Gasteiger partial charge in [0.25, 0.3) is 0 Å². The minimum Gasteiger partial charge on any atom is -0.408 e. The fraction of sp³-hybridized carbons (Fsp3) is 0.600. The van der Waals surface area contributed by atoms with E-state index in [2.05, 4.69) is 32.7 Å². The number of carbonyl (C=O) groups excluding carboxylic acids is 1. The van der Waals surface area contributed by atoms with Gasteiger partial charge in [0.2, 0.25) is 11.8 Å². The van der Waals surface area contributed by atoms with Gasteiger partial charge in [-0.15, -0.1) is 5.10 Å². The van der Waals surface area contributed by atoms with Gasteiger partial charge >= 0.3 is 6.01 Å². The first-order valence-corrected chi connectivity index (χ1v) is 10.0. The summed E-state index contributed by atoms with van der Waals surface area (Å²) in [7, 11) is 0. The Kier molecular flexibility index (Phi) is 7.36. The zero-order valence-electron chi connectivity index (χ0n) is 16.6. The van der Waals surface area contributed by atoms with Gasteiger partial charge in [-0.25, -0.2) is 0 Å². The molecule has 1 amide bonds. The molecule has 8 nitrogen and oxygen atoms in total. The third kappa shape index (κ3) is 5.76. The van der Waals surface area contributed by atoms with Crippen molar-refractivity contribution in [3.8, 4) is 0 Å². The first kappa shape index (κ1) is 20.3. The number of rotatable bonds is 9.